The van der Waals surface area contributed by atoms with E-state index in [1.54, 1.807) is 18.2 Å². The van der Waals surface area contributed by atoms with Crippen molar-refractivity contribution in [3.63, 3.8) is 0 Å². The summed E-state index contributed by atoms with van der Waals surface area (Å²) in [5, 5.41) is 59.1. The molecule has 1 aliphatic rings. The standard InChI is InChI=1S/C10H8FNO2.C9H8BrFO2.C9H8FNO.2C9H9FO3.C4H8O.C2H3N.B.Br3P.K.Li.H2O.H/c1-14-10(13)8-4-7(2-3-12)5-9(11)6-8;1-13-9(12)7-2-6(5-10)3-8(11)4-7;10-9-4-7(1-2-11)3-8(5-9)6-12;1-13-9(12)7-2-6(5-11)3-8(10)4-7;10-8-2-6(4-9(12)13)1-7(3-8)5-11;1-2-4-5-3-1;1-2-3;;1-4(2)3;;;;/h4-6H,2H2,1H3;2-4H,5H2,1H3;3-5,12H,1,6H2;2-4,11H,5H2,1H3;1-3,11H,4-5H2,(H,12,13);1-4H2;1H3;;;;;1H2;/q;;;;;;;;;2*+1;;-1/p-1. The fourth-order valence-corrected chi connectivity index (χ4v) is 5.94. The summed E-state index contributed by atoms with van der Waals surface area (Å²) in [5.74, 6) is -5.24. The smallest absolute Gasteiger partial charge is 1.00 e. The number of aliphatic carboxylic acids is 1. The number of aliphatic hydroxyl groups excluding tert-OH is 3. The molecule has 0 atom stereocenters. The summed E-state index contributed by atoms with van der Waals surface area (Å²) < 4.78 is 82.2. The Balaban J connectivity index is -0.000000161. The third kappa shape index (κ3) is 44.7. The number of carboxylic acids is 1. The van der Waals surface area contributed by atoms with Gasteiger partial charge in [0, 0.05) is 33.9 Å². The Morgan fingerprint density at radius 2 is 0.827 bits per heavy atom. The van der Waals surface area contributed by atoms with Crippen molar-refractivity contribution < 1.29 is 158 Å². The first-order valence-electron chi connectivity index (χ1n) is 21.7. The predicted octanol–water partition coefficient (Wildman–Crippen LogP) is 5.91. The minimum absolute atomic E-state index is 0. The topological polar surface area (TPSA) is 287 Å². The van der Waals surface area contributed by atoms with E-state index in [2.05, 4.69) is 76.6 Å². The Hall–Kier alpha value is -3.45. The van der Waals surface area contributed by atoms with Crippen molar-refractivity contribution in [3.8, 4) is 18.2 Å². The molecule has 0 amide bonds. The molecule has 1 heterocycles. The van der Waals surface area contributed by atoms with Crippen molar-refractivity contribution in [2.45, 2.75) is 64.2 Å². The quantitative estimate of drug-likeness (QED) is 0.0299. The molecule has 0 unspecified atom stereocenters. The minimum Gasteiger partial charge on any atom is -1.00 e. The van der Waals surface area contributed by atoms with Crippen molar-refractivity contribution in [2.24, 2.45) is 0 Å². The van der Waals surface area contributed by atoms with Gasteiger partial charge in [-0.3, -0.25) is 4.79 Å². The summed E-state index contributed by atoms with van der Waals surface area (Å²) in [6.07, 6.45) is 2.57. The molecule has 16 nitrogen and oxygen atoms in total. The number of alkyl halides is 1. The molecule has 0 aromatic heterocycles. The van der Waals surface area contributed by atoms with Crippen molar-refractivity contribution >= 4 is 98.7 Å². The number of nitriles is 3. The van der Waals surface area contributed by atoms with Crippen molar-refractivity contribution in [1.29, 1.82) is 15.8 Å². The summed E-state index contributed by atoms with van der Waals surface area (Å²) in [5.41, 5.74) is 3.82. The van der Waals surface area contributed by atoms with Crippen LogP contribution in [0.25, 0.3) is 0 Å². The molecule has 3 radical (unpaired) electrons. The second-order valence-electron chi connectivity index (χ2n) is 14.5. The summed E-state index contributed by atoms with van der Waals surface area (Å²) in [7, 11) is 3.70. The third-order valence-corrected chi connectivity index (χ3v) is 9.27. The zero-order valence-electron chi connectivity index (χ0n) is 45.7. The van der Waals surface area contributed by atoms with E-state index in [9.17, 15) is 41.1 Å². The number of halogens is 9. The fraction of sp³-hybridized carbons (Fsp3) is 0.288. The molecule has 5 N–H and O–H groups in total. The van der Waals surface area contributed by atoms with Gasteiger partial charge in [-0.1, -0.05) is 28.1 Å². The maximum Gasteiger partial charge on any atom is 1.00 e. The van der Waals surface area contributed by atoms with Crippen LogP contribution in [-0.2, 0) is 68.2 Å². The normalized spacial score (nSPS) is 9.75. The molecular weight excluding hydrogens is 1380 g/mol. The number of hydrogen-bond acceptors (Lipinski definition) is 15. The number of hydrogen-bond donors (Lipinski definition) is 4. The predicted molar refractivity (Wildman–Crippen MR) is 300 cm³/mol. The number of carbonyl (C=O) groups excluding carboxylic acids is 3. The van der Waals surface area contributed by atoms with Crippen LogP contribution in [0.3, 0.4) is 0 Å². The van der Waals surface area contributed by atoms with Gasteiger partial charge < -0.3 is 46.3 Å². The summed E-state index contributed by atoms with van der Waals surface area (Å²) in [6, 6.07) is 24.9. The zero-order chi connectivity index (χ0) is 58.9. The van der Waals surface area contributed by atoms with Gasteiger partial charge in [0.2, 0.25) is 0 Å². The van der Waals surface area contributed by atoms with E-state index in [0.29, 0.717) is 44.3 Å². The van der Waals surface area contributed by atoms with Crippen LogP contribution in [0.4, 0.5) is 22.0 Å². The molecular formula is C52H55BBr4F5KLiN3O13P. The van der Waals surface area contributed by atoms with Gasteiger partial charge in [0.25, 0.3) is 0 Å². The maximum atomic E-state index is 12.9. The van der Waals surface area contributed by atoms with Gasteiger partial charge in [0.1, 0.15) is 33.1 Å². The first-order valence-corrected chi connectivity index (χ1v) is 30.3. The van der Waals surface area contributed by atoms with E-state index in [1.807, 2.05) is 12.1 Å². The molecule has 5 aromatic rings. The summed E-state index contributed by atoms with van der Waals surface area (Å²) in [4.78, 5) is 43.3. The molecule has 429 valence electrons. The van der Waals surface area contributed by atoms with Crippen LogP contribution >= 0.6 is 66.4 Å². The van der Waals surface area contributed by atoms with E-state index >= 15 is 0 Å². The molecule has 0 saturated carbocycles. The fourth-order valence-electron chi connectivity index (χ4n) is 5.62. The first-order chi connectivity index (χ1) is 36.5. The number of esters is 3. The summed E-state index contributed by atoms with van der Waals surface area (Å²) >= 11 is 12.7. The number of nitrogens with zero attached hydrogens (tertiary/aromatic N) is 3. The van der Waals surface area contributed by atoms with Gasteiger partial charge in [0.05, 0.1) is 95.3 Å². The summed E-state index contributed by atoms with van der Waals surface area (Å²) in [6.45, 7) is 2.64. The monoisotopic (exact) mass is 1430 g/mol. The second-order valence-corrected chi connectivity index (χ2v) is 30.4. The molecule has 5 aromatic carbocycles. The Morgan fingerprint density at radius 3 is 1.11 bits per heavy atom. The Bertz CT molecular complexity index is 2700. The average Bonchev–Trinajstić information content (AvgIpc) is 3.99. The number of carboxylic acid groups (broad SMARTS) is 1. The van der Waals surface area contributed by atoms with Gasteiger partial charge in [-0.15, -0.1) is 0 Å². The molecule has 0 spiro atoms. The van der Waals surface area contributed by atoms with E-state index in [4.69, 9.17) is 40.9 Å². The largest absolute Gasteiger partial charge is 1.00 e. The third-order valence-electron chi connectivity index (χ3n) is 8.62. The van der Waals surface area contributed by atoms with Crippen molar-refractivity contribution in [2.75, 3.05) is 34.5 Å². The number of methoxy groups -OCH3 is 3. The molecule has 81 heavy (non-hydrogen) atoms. The maximum absolute atomic E-state index is 12.9. The van der Waals surface area contributed by atoms with E-state index in [-0.39, 0.29) is 145 Å². The van der Waals surface area contributed by atoms with Crippen molar-refractivity contribution in [1.82, 2.24) is 0 Å². The SMILES string of the molecule is BrP(Br)Br.C1CCOC1.CC#N.COC(=O)c1cc(F)cc(CBr)c1.COC(=O)c1cc(F)cc(CC#N)c1.COC(=O)c1cc(F)cc(CO)c1.N#CCc1cc(F)cc(CO)c1.O=C(O)Cc1cc(F)cc(CO)c1.[B].[H-].[K+].[Li+].[OH-]. The van der Waals surface area contributed by atoms with Gasteiger partial charge in [-0.25, -0.2) is 36.3 Å². The van der Waals surface area contributed by atoms with Gasteiger partial charge in [-0.2, -0.15) is 15.8 Å². The number of aliphatic hydroxyl groups is 3. The Labute approximate surface area is 558 Å². The van der Waals surface area contributed by atoms with Crippen LogP contribution in [-0.4, -0.2) is 92.7 Å². The van der Waals surface area contributed by atoms with Gasteiger partial charge >= 0.3 is 94.1 Å². The van der Waals surface area contributed by atoms with E-state index < -0.39 is 53.0 Å². The number of rotatable bonds is 11. The van der Waals surface area contributed by atoms with Crippen LogP contribution in [0.5, 0.6) is 0 Å². The second kappa shape index (κ2) is 54.5. The molecule has 1 saturated heterocycles. The van der Waals surface area contributed by atoms with Crippen LogP contribution in [0.15, 0.2) is 91.0 Å². The van der Waals surface area contributed by atoms with Gasteiger partial charge in [0.15, 0.2) is 0 Å². The van der Waals surface area contributed by atoms with Crippen LogP contribution in [0.1, 0.15) is 91.2 Å². The Kier molecular flexibility index (Phi) is 59.7. The van der Waals surface area contributed by atoms with Gasteiger partial charge in [-0.05, 0) is 177 Å². The van der Waals surface area contributed by atoms with Crippen LogP contribution in [0, 0.1) is 63.1 Å². The number of ether oxygens (including phenoxy) is 4. The van der Waals surface area contributed by atoms with Crippen molar-refractivity contribution in [3.05, 3.63) is 176 Å². The number of carbonyl (C=O) groups is 4. The zero-order valence-corrected chi connectivity index (χ0v) is 55.1. The molecule has 0 aliphatic carbocycles. The Morgan fingerprint density at radius 1 is 0.568 bits per heavy atom. The molecule has 0 bridgehead atoms. The van der Waals surface area contributed by atoms with E-state index in [0.717, 1.165) is 43.5 Å². The van der Waals surface area contributed by atoms with Crippen LogP contribution in [0.2, 0.25) is 0 Å². The molecule has 29 heteroatoms. The minimum atomic E-state index is -1.02. The van der Waals surface area contributed by atoms with E-state index in [1.165, 1.54) is 89.6 Å². The molecule has 1 aliphatic heterocycles. The first kappa shape index (κ1) is 88.8. The molecule has 1 fully saturated rings. The number of benzene rings is 5. The average molecular weight is 1430 g/mol. The van der Waals surface area contributed by atoms with Crippen LogP contribution < -0.4 is 70.2 Å². The molecule has 6 rings (SSSR count).